The Hall–Kier alpha value is -4.03. The van der Waals surface area contributed by atoms with Gasteiger partial charge in [-0.1, -0.05) is 0 Å². The van der Waals surface area contributed by atoms with Crippen molar-refractivity contribution in [2.24, 2.45) is 0 Å². The van der Waals surface area contributed by atoms with Gasteiger partial charge in [-0.05, 0) is 43.5 Å². The van der Waals surface area contributed by atoms with E-state index >= 15 is 0 Å². The molecule has 0 spiro atoms. The smallest absolute Gasteiger partial charge is 0.269 e. The molecule has 212 valence electrons. The quantitative estimate of drug-likeness (QED) is 0.419. The van der Waals surface area contributed by atoms with Crippen LogP contribution in [0.3, 0.4) is 0 Å². The average Bonchev–Trinajstić information content (AvgIpc) is 3.25. The molecule has 5 rings (SSSR count). The van der Waals surface area contributed by atoms with Crippen molar-refractivity contribution < 1.29 is 31.9 Å². The third-order valence-electron chi connectivity index (χ3n) is 7.37. The highest BCUT2D eigenvalue weighted by Crippen LogP contribution is 2.34. The van der Waals surface area contributed by atoms with Crippen LogP contribution in [0.5, 0.6) is 0 Å². The number of aromatic nitrogens is 2. The Morgan fingerprint density at radius 3 is 2.17 bits per heavy atom. The fourth-order valence-electron chi connectivity index (χ4n) is 5.16. The van der Waals surface area contributed by atoms with Crippen LogP contribution < -0.4 is 20.0 Å². The predicted molar refractivity (Wildman–Crippen MR) is 140 cm³/mol. The van der Waals surface area contributed by atoms with Crippen molar-refractivity contribution in [3.8, 4) is 0 Å². The Morgan fingerprint density at radius 2 is 1.55 bits per heavy atom. The van der Waals surface area contributed by atoms with Crippen LogP contribution in [0, 0.1) is 6.92 Å². The van der Waals surface area contributed by atoms with E-state index in [4.69, 9.17) is 0 Å². The minimum absolute atomic E-state index is 0.0581. The van der Waals surface area contributed by atoms with Crippen LogP contribution >= 0.6 is 0 Å². The number of amides is 3. The number of hydrogen-bond acceptors (Lipinski definition) is 7. The van der Waals surface area contributed by atoms with Gasteiger partial charge in [0.15, 0.2) is 0 Å². The molecule has 1 aromatic carbocycles. The zero-order valence-corrected chi connectivity index (χ0v) is 21.9. The maximum Gasteiger partial charge on any atom is 0.269 e. The molecule has 0 saturated carbocycles. The standard InChI is InChI=1S/C27H28F4N6O3/c1-16-14-21(34-26(32-16)36-12-8-27(30,31)9-13-36)33-25(40)19-3-2-18(37-22(38)4-5-23(37)39)15-20(19)35-10-6-17(7-11-35)24(28)29/h2-3,14-15H,4-13H2,1H3,(H,32,33,34,40). The number of nitrogens with zero attached hydrogens (tertiary/aromatic N) is 5. The summed E-state index contributed by atoms with van der Waals surface area (Å²) in [5.74, 6) is -3.57. The summed E-state index contributed by atoms with van der Waals surface area (Å²) < 4.78 is 53.6. The summed E-state index contributed by atoms with van der Waals surface area (Å²) in [7, 11) is 0. The molecule has 9 nitrogen and oxygen atoms in total. The second-order valence-electron chi connectivity index (χ2n) is 10.2. The summed E-state index contributed by atoms with van der Waals surface area (Å²) in [5.41, 5.74) is 1.49. The molecule has 1 aromatic heterocycles. The minimum atomic E-state index is -2.73. The van der Waals surface area contributed by atoms with Gasteiger partial charge >= 0.3 is 0 Å². The lowest BCUT2D eigenvalue weighted by molar-refractivity contribution is -0.121. The lowest BCUT2D eigenvalue weighted by atomic mass is 10.0. The molecule has 4 heterocycles. The van der Waals surface area contributed by atoms with Crippen LogP contribution in [0.2, 0.25) is 0 Å². The van der Waals surface area contributed by atoms with Crippen molar-refractivity contribution in [2.75, 3.05) is 46.2 Å². The number of halogens is 4. The topological polar surface area (TPSA) is 98.7 Å². The van der Waals surface area contributed by atoms with E-state index in [1.54, 1.807) is 28.9 Å². The van der Waals surface area contributed by atoms with Crippen LogP contribution in [-0.2, 0) is 9.59 Å². The molecule has 3 aliphatic heterocycles. The van der Waals surface area contributed by atoms with E-state index in [1.807, 2.05) is 0 Å². The van der Waals surface area contributed by atoms with Crippen LogP contribution in [0.25, 0.3) is 0 Å². The van der Waals surface area contributed by atoms with Crippen molar-refractivity contribution in [1.29, 1.82) is 0 Å². The maximum absolute atomic E-state index is 13.6. The molecule has 0 unspecified atom stereocenters. The Labute approximate surface area is 227 Å². The first-order valence-electron chi connectivity index (χ1n) is 13.1. The Bertz CT molecular complexity index is 1360. The fraction of sp³-hybridized carbons (Fsp3) is 0.444. The minimum Gasteiger partial charge on any atom is -0.370 e. The monoisotopic (exact) mass is 560 g/mol. The molecule has 0 radical (unpaired) electrons. The first-order valence-corrected chi connectivity index (χ1v) is 13.1. The molecular weight excluding hydrogens is 532 g/mol. The molecule has 3 saturated heterocycles. The van der Waals surface area contributed by atoms with E-state index in [1.165, 1.54) is 12.1 Å². The zero-order chi connectivity index (χ0) is 28.6. The molecule has 3 aliphatic rings. The van der Waals surface area contributed by atoms with Crippen molar-refractivity contribution in [3.05, 3.63) is 47.2 Å². The number of rotatable bonds is 5. The Kier molecular flexibility index (Phi) is 7.47. The summed E-state index contributed by atoms with van der Waals surface area (Å²) in [5, 5.41) is 2.74. The molecule has 13 heteroatoms. The van der Waals surface area contributed by atoms with Crippen molar-refractivity contribution in [1.82, 2.24) is 9.97 Å². The third kappa shape index (κ3) is 5.77. The largest absolute Gasteiger partial charge is 0.370 e. The lowest BCUT2D eigenvalue weighted by Gasteiger charge is -2.32. The molecule has 0 atom stereocenters. The van der Waals surface area contributed by atoms with Gasteiger partial charge in [-0.3, -0.25) is 19.3 Å². The second-order valence-corrected chi connectivity index (χ2v) is 10.2. The van der Waals surface area contributed by atoms with E-state index in [9.17, 15) is 31.9 Å². The molecule has 40 heavy (non-hydrogen) atoms. The van der Waals surface area contributed by atoms with Gasteiger partial charge < -0.3 is 15.1 Å². The number of hydrogen-bond donors (Lipinski definition) is 1. The van der Waals surface area contributed by atoms with Gasteiger partial charge in [0.1, 0.15) is 5.82 Å². The zero-order valence-electron chi connectivity index (χ0n) is 21.9. The van der Waals surface area contributed by atoms with E-state index in [0.717, 1.165) is 4.90 Å². The number of benzene rings is 1. The molecule has 0 aliphatic carbocycles. The van der Waals surface area contributed by atoms with Gasteiger partial charge in [0.05, 0.1) is 16.9 Å². The van der Waals surface area contributed by atoms with Crippen LogP contribution in [0.1, 0.15) is 54.6 Å². The van der Waals surface area contributed by atoms with Gasteiger partial charge in [-0.15, -0.1) is 0 Å². The van der Waals surface area contributed by atoms with Crippen molar-refractivity contribution in [2.45, 2.75) is 51.4 Å². The lowest BCUT2D eigenvalue weighted by Crippen LogP contribution is -2.40. The number of nitrogens with one attached hydrogen (secondary N) is 1. The summed E-state index contributed by atoms with van der Waals surface area (Å²) in [4.78, 5) is 51.4. The molecular formula is C27H28F4N6O3. The molecule has 3 fully saturated rings. The van der Waals surface area contributed by atoms with E-state index in [-0.39, 0.29) is 99.4 Å². The summed E-state index contributed by atoms with van der Waals surface area (Å²) >= 11 is 0. The SMILES string of the molecule is Cc1cc(NC(=O)c2ccc(N3C(=O)CCC3=O)cc2N2CCC(=C(F)F)CC2)nc(N2CCC(F)(F)CC2)n1. The summed E-state index contributed by atoms with van der Waals surface area (Å²) in [6, 6.07) is 6.10. The number of carbonyl (C=O) groups is 3. The van der Waals surface area contributed by atoms with Crippen molar-refractivity contribution in [3.63, 3.8) is 0 Å². The molecule has 1 N–H and O–H groups in total. The van der Waals surface area contributed by atoms with Gasteiger partial charge in [0.2, 0.25) is 17.8 Å². The van der Waals surface area contributed by atoms with Crippen LogP contribution in [0.4, 0.5) is 40.7 Å². The predicted octanol–water partition coefficient (Wildman–Crippen LogP) is 4.68. The summed E-state index contributed by atoms with van der Waals surface area (Å²) in [6.45, 7) is 2.29. The van der Waals surface area contributed by atoms with E-state index in [2.05, 4.69) is 15.3 Å². The highest BCUT2D eigenvalue weighted by Gasteiger charge is 2.35. The highest BCUT2D eigenvalue weighted by molar-refractivity contribution is 6.20. The van der Waals surface area contributed by atoms with Crippen molar-refractivity contribution >= 4 is 40.9 Å². The average molecular weight is 561 g/mol. The number of carbonyl (C=O) groups excluding carboxylic acids is 3. The first kappa shape index (κ1) is 27.5. The van der Waals surface area contributed by atoms with E-state index in [0.29, 0.717) is 17.1 Å². The van der Waals surface area contributed by atoms with Crippen LogP contribution in [0.15, 0.2) is 35.9 Å². The Balaban J connectivity index is 1.43. The number of aryl methyl sites for hydroxylation is 1. The van der Waals surface area contributed by atoms with E-state index < -0.39 is 17.9 Å². The maximum atomic E-state index is 13.6. The number of piperidine rings is 2. The molecule has 2 aromatic rings. The van der Waals surface area contributed by atoms with Gasteiger partial charge in [0, 0.05) is 63.6 Å². The third-order valence-corrected chi connectivity index (χ3v) is 7.37. The normalized spacial score (nSPS) is 19.3. The van der Waals surface area contributed by atoms with Gasteiger partial charge in [-0.2, -0.15) is 13.8 Å². The highest BCUT2D eigenvalue weighted by atomic mass is 19.3. The van der Waals surface area contributed by atoms with Gasteiger partial charge in [-0.25, -0.2) is 13.8 Å². The molecule has 3 amide bonds. The second kappa shape index (κ2) is 10.9. The first-order chi connectivity index (χ1) is 19.0. The Morgan fingerprint density at radius 1 is 0.900 bits per heavy atom. The van der Waals surface area contributed by atoms with Gasteiger partial charge in [0.25, 0.3) is 17.9 Å². The summed E-state index contributed by atoms with van der Waals surface area (Å²) in [6.07, 6.45) is -1.93. The number of imide groups is 1. The van der Waals surface area contributed by atoms with Crippen LogP contribution in [-0.4, -0.2) is 59.8 Å². The molecule has 0 bridgehead atoms. The fourth-order valence-corrected chi connectivity index (χ4v) is 5.16. The number of alkyl halides is 2. The number of anilines is 4.